The Balaban J connectivity index is 1.74. The number of anilines is 2. The van der Waals surface area contributed by atoms with Crippen LogP contribution in [0, 0.1) is 0 Å². The first kappa shape index (κ1) is 17.3. The lowest BCUT2D eigenvalue weighted by molar-refractivity contribution is 0.0600. The van der Waals surface area contributed by atoms with Crippen molar-refractivity contribution in [1.29, 1.82) is 0 Å². The van der Waals surface area contributed by atoms with Crippen molar-refractivity contribution in [3.05, 3.63) is 68.8 Å². The van der Waals surface area contributed by atoms with Gasteiger partial charge in [0, 0.05) is 5.56 Å². The van der Waals surface area contributed by atoms with E-state index in [1.54, 1.807) is 28.9 Å². The summed E-state index contributed by atoms with van der Waals surface area (Å²) in [4.78, 5) is 25.2. The van der Waals surface area contributed by atoms with E-state index in [2.05, 4.69) is 31.0 Å². The Labute approximate surface area is 167 Å². The summed E-state index contributed by atoms with van der Waals surface area (Å²) in [5.74, 6) is -0.0869. The molecule has 5 rings (SSSR count). The van der Waals surface area contributed by atoms with Crippen molar-refractivity contribution in [1.82, 2.24) is 30.4 Å². The Morgan fingerprint density at radius 1 is 1.24 bits per heavy atom. The second kappa shape index (κ2) is 6.63. The van der Waals surface area contributed by atoms with Crippen LogP contribution in [-0.2, 0) is 4.74 Å². The maximum absolute atomic E-state index is 12.6. The highest BCUT2D eigenvalue weighted by molar-refractivity contribution is 7.13. The quantitative estimate of drug-likeness (QED) is 0.435. The molecule has 4 heterocycles. The van der Waals surface area contributed by atoms with Crippen LogP contribution in [0.4, 0.5) is 11.6 Å². The molecule has 144 valence electrons. The molecule has 1 atom stereocenters. The summed E-state index contributed by atoms with van der Waals surface area (Å²) in [7, 11) is 1.33. The van der Waals surface area contributed by atoms with Crippen molar-refractivity contribution in [2.24, 2.45) is 0 Å². The van der Waals surface area contributed by atoms with Gasteiger partial charge in [-0.2, -0.15) is 9.78 Å². The van der Waals surface area contributed by atoms with Crippen molar-refractivity contribution in [2.45, 2.75) is 6.04 Å². The van der Waals surface area contributed by atoms with Gasteiger partial charge in [-0.25, -0.2) is 9.89 Å². The highest BCUT2D eigenvalue weighted by Gasteiger charge is 2.34. The molecular weight excluding hydrogens is 394 g/mol. The summed E-state index contributed by atoms with van der Waals surface area (Å²) in [6, 6.07) is 10.2. The van der Waals surface area contributed by atoms with E-state index in [0.29, 0.717) is 28.5 Å². The molecule has 1 aliphatic rings. The van der Waals surface area contributed by atoms with E-state index in [1.807, 2.05) is 17.5 Å². The smallest absolute Gasteiger partial charge is 0.337 e. The van der Waals surface area contributed by atoms with E-state index in [9.17, 15) is 9.59 Å². The molecule has 2 N–H and O–H groups in total. The Morgan fingerprint density at radius 2 is 2.07 bits per heavy atom. The summed E-state index contributed by atoms with van der Waals surface area (Å²) < 4.78 is 6.36. The minimum Gasteiger partial charge on any atom is -0.465 e. The van der Waals surface area contributed by atoms with Crippen LogP contribution in [0.3, 0.4) is 0 Å². The largest absolute Gasteiger partial charge is 0.465 e. The molecular formula is C18H13N7O3S. The summed E-state index contributed by atoms with van der Waals surface area (Å²) in [5.41, 5.74) is 2.47. The van der Waals surface area contributed by atoms with Crippen LogP contribution in [0.15, 0.2) is 46.6 Å². The summed E-state index contributed by atoms with van der Waals surface area (Å²) in [6.45, 7) is 0. The van der Waals surface area contributed by atoms with E-state index in [1.165, 1.54) is 18.4 Å². The minimum absolute atomic E-state index is 0.341. The molecule has 10 nitrogen and oxygen atoms in total. The Kier molecular flexibility index (Phi) is 3.95. The average molecular weight is 407 g/mol. The number of thiophene rings is 1. The number of fused-ring (bicyclic) bond motifs is 2. The third-order valence-corrected chi connectivity index (χ3v) is 5.55. The number of nitrogens with zero attached hydrogens (tertiary/aromatic N) is 5. The molecule has 4 aromatic rings. The van der Waals surface area contributed by atoms with E-state index in [4.69, 9.17) is 4.74 Å². The molecule has 29 heavy (non-hydrogen) atoms. The molecule has 0 saturated heterocycles. The molecule has 0 saturated carbocycles. The normalized spacial score (nSPS) is 14.6. The van der Waals surface area contributed by atoms with Gasteiger partial charge in [0.2, 0.25) is 5.95 Å². The van der Waals surface area contributed by atoms with Gasteiger partial charge in [0.1, 0.15) is 17.4 Å². The van der Waals surface area contributed by atoms with E-state index >= 15 is 0 Å². The maximum atomic E-state index is 12.6. The fourth-order valence-corrected chi connectivity index (χ4v) is 4.09. The van der Waals surface area contributed by atoms with Gasteiger partial charge in [-0.05, 0) is 39.6 Å². The fraction of sp³-hybridized carbons (Fsp3) is 0.111. The number of ether oxygens (including phenoxy) is 1. The minimum atomic E-state index is -0.505. The molecule has 1 aliphatic heterocycles. The molecule has 1 unspecified atom stereocenters. The zero-order valence-electron chi connectivity index (χ0n) is 15.0. The van der Waals surface area contributed by atoms with Crippen molar-refractivity contribution in [3.63, 3.8) is 0 Å². The van der Waals surface area contributed by atoms with Crippen LogP contribution < -0.4 is 10.9 Å². The van der Waals surface area contributed by atoms with Crippen LogP contribution in [-0.4, -0.2) is 43.5 Å². The predicted octanol–water partition coefficient (Wildman–Crippen LogP) is 1.97. The summed E-state index contributed by atoms with van der Waals surface area (Å²) in [5, 5.41) is 23.6. The number of H-pyrrole nitrogens is 1. The first-order chi connectivity index (χ1) is 14.2. The molecule has 0 radical (unpaired) electrons. The average Bonchev–Trinajstić information content (AvgIpc) is 3.44. The third-order valence-electron chi connectivity index (χ3n) is 4.67. The second-order valence-electron chi connectivity index (χ2n) is 6.26. The van der Waals surface area contributed by atoms with Gasteiger partial charge in [0.05, 0.1) is 17.6 Å². The number of aromatic amines is 1. The lowest BCUT2D eigenvalue weighted by Gasteiger charge is -2.27. The summed E-state index contributed by atoms with van der Waals surface area (Å²) >= 11 is 1.51. The monoisotopic (exact) mass is 407 g/mol. The van der Waals surface area contributed by atoms with Crippen LogP contribution in [0.2, 0.25) is 0 Å². The third kappa shape index (κ3) is 2.70. The Bertz CT molecular complexity index is 1260. The summed E-state index contributed by atoms with van der Waals surface area (Å²) in [6.07, 6.45) is 0. The fourth-order valence-electron chi connectivity index (χ4n) is 3.37. The first-order valence-corrected chi connectivity index (χ1v) is 9.45. The van der Waals surface area contributed by atoms with Gasteiger partial charge in [-0.3, -0.25) is 4.79 Å². The molecule has 1 aromatic carbocycles. The number of carbonyl (C=O) groups excluding carboxylic acids is 1. The number of rotatable bonds is 3. The van der Waals surface area contributed by atoms with E-state index in [0.717, 1.165) is 10.4 Å². The van der Waals surface area contributed by atoms with Crippen molar-refractivity contribution >= 4 is 28.9 Å². The van der Waals surface area contributed by atoms with Crippen molar-refractivity contribution in [3.8, 4) is 10.6 Å². The van der Waals surface area contributed by atoms with Crippen molar-refractivity contribution in [2.75, 3.05) is 12.4 Å². The predicted molar refractivity (Wildman–Crippen MR) is 104 cm³/mol. The molecule has 0 amide bonds. The highest BCUT2D eigenvalue weighted by atomic mass is 32.1. The Hall–Kier alpha value is -3.86. The number of hydrogen-bond donors (Lipinski definition) is 2. The number of esters is 1. The molecule has 0 bridgehead atoms. The SMILES string of the molecule is COC(=O)c1ccc(C2c3c(-c4cccs4)n[nH]c(=O)c3Nc3nnnn32)cc1. The zero-order valence-corrected chi connectivity index (χ0v) is 15.8. The number of hydrogen-bond acceptors (Lipinski definition) is 9. The second-order valence-corrected chi connectivity index (χ2v) is 7.20. The van der Waals surface area contributed by atoms with Crippen LogP contribution in [0.25, 0.3) is 10.6 Å². The zero-order chi connectivity index (χ0) is 20.0. The first-order valence-electron chi connectivity index (χ1n) is 8.57. The number of tetrazole rings is 1. The van der Waals surface area contributed by atoms with Gasteiger partial charge < -0.3 is 10.1 Å². The lowest BCUT2D eigenvalue weighted by atomic mass is 9.94. The standard InChI is InChI=1S/C18H13N7O3S/c1-28-17(27)10-6-4-9(5-7-10)15-12-13(11-3-2-8-29-11)20-21-16(26)14(12)19-18-22-23-24-25(15)18/h2-8,15H,1H3,(H,21,26)(H,19,22,24). The van der Waals surface area contributed by atoms with Crippen molar-refractivity contribution < 1.29 is 9.53 Å². The number of methoxy groups -OCH3 is 1. The number of carbonyl (C=O) groups is 1. The van der Waals surface area contributed by atoms with Crippen LogP contribution >= 0.6 is 11.3 Å². The van der Waals surface area contributed by atoms with Gasteiger partial charge in [0.25, 0.3) is 5.56 Å². The van der Waals surface area contributed by atoms with Gasteiger partial charge in [-0.1, -0.05) is 23.3 Å². The van der Waals surface area contributed by atoms with Gasteiger partial charge in [0.15, 0.2) is 0 Å². The number of benzene rings is 1. The lowest BCUT2D eigenvalue weighted by Crippen LogP contribution is -2.29. The van der Waals surface area contributed by atoms with Gasteiger partial charge in [-0.15, -0.1) is 11.3 Å². The van der Waals surface area contributed by atoms with E-state index in [-0.39, 0.29) is 5.56 Å². The number of nitrogens with one attached hydrogen (secondary N) is 2. The Morgan fingerprint density at radius 3 is 2.79 bits per heavy atom. The molecule has 0 aliphatic carbocycles. The maximum Gasteiger partial charge on any atom is 0.337 e. The topological polar surface area (TPSA) is 128 Å². The number of aromatic nitrogens is 6. The highest BCUT2D eigenvalue weighted by Crippen LogP contribution is 2.41. The molecule has 3 aromatic heterocycles. The van der Waals surface area contributed by atoms with Gasteiger partial charge >= 0.3 is 5.97 Å². The molecule has 0 fully saturated rings. The molecule has 0 spiro atoms. The van der Waals surface area contributed by atoms with E-state index < -0.39 is 12.0 Å². The van der Waals surface area contributed by atoms with Crippen LogP contribution in [0.1, 0.15) is 27.5 Å². The molecule has 11 heteroatoms. The van der Waals surface area contributed by atoms with Crippen LogP contribution in [0.5, 0.6) is 0 Å².